The van der Waals surface area contributed by atoms with Crippen LogP contribution in [0.4, 0.5) is 0 Å². The molecule has 0 aromatic carbocycles. The van der Waals surface area contributed by atoms with Crippen molar-refractivity contribution in [3.05, 3.63) is 12.2 Å². The van der Waals surface area contributed by atoms with Gasteiger partial charge in [0.25, 0.3) is 0 Å². The summed E-state index contributed by atoms with van der Waals surface area (Å²) in [6.07, 6.45) is 21.0. The van der Waals surface area contributed by atoms with Gasteiger partial charge < -0.3 is 9.47 Å². The van der Waals surface area contributed by atoms with Gasteiger partial charge in [0, 0.05) is 12.8 Å². The minimum absolute atomic E-state index is 0.141. The monoisotopic (exact) mass is 424 g/mol. The lowest BCUT2D eigenvalue weighted by Gasteiger charge is -2.07. The largest absolute Gasteiger partial charge is 0.466 e. The van der Waals surface area contributed by atoms with Crippen LogP contribution in [0, 0.1) is 5.92 Å². The van der Waals surface area contributed by atoms with E-state index in [1.807, 2.05) is 0 Å². The van der Waals surface area contributed by atoms with Crippen LogP contribution in [0.3, 0.4) is 0 Å². The van der Waals surface area contributed by atoms with Gasteiger partial charge in [-0.2, -0.15) is 0 Å². The van der Waals surface area contributed by atoms with Crippen LogP contribution in [-0.2, 0) is 19.1 Å². The summed E-state index contributed by atoms with van der Waals surface area (Å²) < 4.78 is 10.5. The molecule has 0 fully saturated rings. The maximum absolute atomic E-state index is 11.7. The Bertz CT molecular complexity index is 429. The first-order valence-electron chi connectivity index (χ1n) is 12.5. The highest BCUT2D eigenvalue weighted by Gasteiger charge is 2.06. The molecule has 0 rings (SSSR count). The van der Waals surface area contributed by atoms with Crippen LogP contribution in [0.2, 0.25) is 0 Å². The highest BCUT2D eigenvalue weighted by molar-refractivity contribution is 5.70. The van der Waals surface area contributed by atoms with Crippen LogP contribution in [0.25, 0.3) is 0 Å². The summed E-state index contributed by atoms with van der Waals surface area (Å²) in [6.45, 7) is 7.54. The lowest BCUT2D eigenvalue weighted by atomic mass is 10.1. The average Bonchev–Trinajstić information content (AvgIpc) is 2.72. The van der Waals surface area contributed by atoms with Gasteiger partial charge in [-0.25, -0.2) is 0 Å². The molecule has 176 valence electrons. The molecule has 0 unspecified atom stereocenters. The lowest BCUT2D eigenvalue weighted by molar-refractivity contribution is -0.146. The first-order chi connectivity index (χ1) is 14.6. The molecule has 0 spiro atoms. The van der Waals surface area contributed by atoms with E-state index >= 15 is 0 Å². The van der Waals surface area contributed by atoms with Crippen molar-refractivity contribution in [3.8, 4) is 0 Å². The Balaban J connectivity index is 3.30. The summed E-state index contributed by atoms with van der Waals surface area (Å²) >= 11 is 0. The van der Waals surface area contributed by atoms with E-state index in [1.54, 1.807) is 0 Å². The van der Waals surface area contributed by atoms with Gasteiger partial charge in [-0.15, -0.1) is 0 Å². The maximum atomic E-state index is 11.7. The number of esters is 2. The number of hydrogen-bond donors (Lipinski definition) is 0. The molecule has 0 saturated heterocycles. The highest BCUT2D eigenvalue weighted by Crippen LogP contribution is 2.11. The Morgan fingerprint density at radius 3 is 1.70 bits per heavy atom. The molecule has 0 N–H and O–H groups in total. The quantitative estimate of drug-likeness (QED) is 0.108. The Kier molecular flexibility index (Phi) is 21.4. The molecular formula is C26H48O4. The fourth-order valence-corrected chi connectivity index (χ4v) is 3.26. The van der Waals surface area contributed by atoms with Crippen molar-refractivity contribution in [1.29, 1.82) is 0 Å². The molecule has 4 nitrogen and oxygen atoms in total. The van der Waals surface area contributed by atoms with Crippen LogP contribution in [0.5, 0.6) is 0 Å². The Morgan fingerprint density at radius 2 is 1.17 bits per heavy atom. The van der Waals surface area contributed by atoms with Crippen molar-refractivity contribution in [1.82, 2.24) is 0 Å². The molecule has 4 heteroatoms. The molecule has 0 aliphatic carbocycles. The first kappa shape index (κ1) is 28.7. The Labute approximate surface area is 186 Å². The van der Waals surface area contributed by atoms with Crippen LogP contribution in [0.15, 0.2) is 12.2 Å². The predicted octanol–water partition coefficient (Wildman–Crippen LogP) is 7.55. The third kappa shape index (κ3) is 23.0. The topological polar surface area (TPSA) is 52.6 Å². The van der Waals surface area contributed by atoms with Crippen LogP contribution >= 0.6 is 0 Å². The maximum Gasteiger partial charge on any atom is 0.305 e. The molecule has 0 bridgehead atoms. The molecule has 0 radical (unpaired) electrons. The van der Waals surface area contributed by atoms with Crippen molar-refractivity contribution in [2.45, 2.75) is 124 Å². The van der Waals surface area contributed by atoms with Gasteiger partial charge >= 0.3 is 11.9 Å². The van der Waals surface area contributed by atoms with E-state index in [2.05, 4.69) is 32.9 Å². The summed E-state index contributed by atoms with van der Waals surface area (Å²) in [7, 11) is 0. The van der Waals surface area contributed by atoms with Gasteiger partial charge in [0.1, 0.15) is 0 Å². The van der Waals surface area contributed by atoms with Gasteiger partial charge in [-0.05, 0) is 57.3 Å². The number of unbranched alkanes of at least 4 members (excludes halogenated alkanes) is 9. The van der Waals surface area contributed by atoms with E-state index in [4.69, 9.17) is 9.47 Å². The molecule has 30 heavy (non-hydrogen) atoms. The first-order valence-corrected chi connectivity index (χ1v) is 12.5. The summed E-state index contributed by atoms with van der Waals surface area (Å²) in [4.78, 5) is 23.3. The summed E-state index contributed by atoms with van der Waals surface area (Å²) in [5, 5.41) is 0. The molecule has 0 saturated carbocycles. The van der Waals surface area contributed by atoms with Crippen molar-refractivity contribution in [3.63, 3.8) is 0 Å². The van der Waals surface area contributed by atoms with Gasteiger partial charge in [-0.3, -0.25) is 9.59 Å². The van der Waals surface area contributed by atoms with Gasteiger partial charge in [0.15, 0.2) is 0 Å². The lowest BCUT2D eigenvalue weighted by Crippen LogP contribution is -2.08. The predicted molar refractivity (Wildman–Crippen MR) is 125 cm³/mol. The van der Waals surface area contributed by atoms with Gasteiger partial charge in [-0.1, -0.05) is 71.4 Å². The molecule has 0 aromatic heterocycles. The third-order valence-corrected chi connectivity index (χ3v) is 5.13. The number of allylic oxidation sites excluding steroid dienone is 2. The van der Waals surface area contributed by atoms with E-state index in [-0.39, 0.29) is 11.9 Å². The van der Waals surface area contributed by atoms with Crippen molar-refractivity contribution < 1.29 is 19.1 Å². The SMILES string of the molecule is CC/C=C/CCCCCCCCCCOC(=O)CCCCC(=O)OCCCC(C)C. The molecule has 0 amide bonds. The van der Waals surface area contributed by atoms with Crippen LogP contribution < -0.4 is 0 Å². The second kappa shape index (κ2) is 22.4. The summed E-state index contributed by atoms with van der Waals surface area (Å²) in [6, 6.07) is 0. The van der Waals surface area contributed by atoms with Gasteiger partial charge in [0.05, 0.1) is 13.2 Å². The summed E-state index contributed by atoms with van der Waals surface area (Å²) in [5.41, 5.74) is 0. The standard InChI is InChI=1S/C26H48O4/c1-4-5-6-7-8-9-10-11-12-13-14-17-22-29-25(27)20-15-16-21-26(28)30-23-18-19-24(2)3/h5-6,24H,4,7-23H2,1-3H3/b6-5+. The Hall–Kier alpha value is -1.32. The zero-order valence-electron chi connectivity index (χ0n) is 20.1. The molecule has 0 atom stereocenters. The minimum Gasteiger partial charge on any atom is -0.466 e. The van der Waals surface area contributed by atoms with E-state index in [0.717, 1.165) is 32.1 Å². The number of carbonyl (C=O) groups is 2. The second-order valence-corrected chi connectivity index (χ2v) is 8.68. The van der Waals surface area contributed by atoms with Crippen LogP contribution in [0.1, 0.15) is 124 Å². The van der Waals surface area contributed by atoms with E-state index < -0.39 is 0 Å². The normalized spacial score (nSPS) is 11.3. The zero-order valence-corrected chi connectivity index (χ0v) is 20.1. The minimum atomic E-state index is -0.152. The van der Waals surface area contributed by atoms with Crippen molar-refractivity contribution >= 4 is 11.9 Å². The highest BCUT2D eigenvalue weighted by atomic mass is 16.5. The number of ether oxygens (including phenoxy) is 2. The molecule has 0 heterocycles. The smallest absolute Gasteiger partial charge is 0.305 e. The van der Waals surface area contributed by atoms with Crippen molar-refractivity contribution in [2.24, 2.45) is 5.92 Å². The van der Waals surface area contributed by atoms with E-state index in [1.165, 1.54) is 44.9 Å². The number of carbonyl (C=O) groups excluding carboxylic acids is 2. The Morgan fingerprint density at radius 1 is 0.667 bits per heavy atom. The van der Waals surface area contributed by atoms with Crippen LogP contribution in [-0.4, -0.2) is 25.2 Å². The second-order valence-electron chi connectivity index (χ2n) is 8.68. The average molecular weight is 425 g/mol. The summed E-state index contributed by atoms with van der Waals surface area (Å²) in [5.74, 6) is 0.348. The third-order valence-electron chi connectivity index (χ3n) is 5.13. The fourth-order valence-electron chi connectivity index (χ4n) is 3.26. The molecule has 0 aliphatic rings. The van der Waals surface area contributed by atoms with E-state index in [0.29, 0.717) is 44.8 Å². The van der Waals surface area contributed by atoms with Crippen molar-refractivity contribution in [2.75, 3.05) is 13.2 Å². The molecular weight excluding hydrogens is 376 g/mol. The number of hydrogen-bond acceptors (Lipinski definition) is 4. The fraction of sp³-hybridized carbons (Fsp3) is 0.846. The molecule has 0 aromatic rings. The van der Waals surface area contributed by atoms with Gasteiger partial charge in [0.2, 0.25) is 0 Å². The zero-order chi connectivity index (χ0) is 22.3. The number of rotatable bonds is 21. The molecule has 0 aliphatic heterocycles. The van der Waals surface area contributed by atoms with E-state index in [9.17, 15) is 9.59 Å².